The Hall–Kier alpha value is -3.53. The van der Waals surface area contributed by atoms with Crippen LogP contribution >= 0.6 is 0 Å². The Morgan fingerprint density at radius 2 is 1.62 bits per heavy atom. The van der Waals surface area contributed by atoms with Crippen LogP contribution in [0, 0.1) is 19.8 Å². The van der Waals surface area contributed by atoms with Gasteiger partial charge in [0.1, 0.15) is 5.78 Å². The molecule has 0 bridgehead atoms. The second-order valence-electron chi connectivity index (χ2n) is 12.5. The predicted molar refractivity (Wildman–Crippen MR) is 191 cm³/mol. The van der Waals surface area contributed by atoms with Gasteiger partial charge in [-0.2, -0.15) is 0 Å². The molecule has 0 radical (unpaired) electrons. The lowest BCUT2D eigenvalue weighted by atomic mass is 9.83. The monoisotopic (exact) mass is 611 g/mol. The first-order chi connectivity index (χ1) is 21.8. The molecule has 0 amide bonds. The fourth-order valence-electron chi connectivity index (χ4n) is 6.64. The Kier molecular flexibility index (Phi) is 14.7. The second kappa shape index (κ2) is 18.4. The van der Waals surface area contributed by atoms with Crippen molar-refractivity contribution in [3.8, 4) is 0 Å². The standard InChI is InChI=1S/C30H33NO2.C9H16O.C2H6.H2/c1-21-7-6-9-27(19-21)30(33)14-12-26-20-25(23(3)32)11-13-28(26)24-15-17-31(18-16-24)29-10-5-4-8-22(29)2;1-2-3-5-8-6-4-7-9(8)10;1-2;/h4-11,13,19-20,24H,12,14-18H2,1-3H3;8H,2-7H2,1H3;1-2H3;1H. The highest BCUT2D eigenvalue weighted by atomic mass is 16.1. The summed E-state index contributed by atoms with van der Waals surface area (Å²) in [6.07, 6.45) is 10.1. The second-order valence-corrected chi connectivity index (χ2v) is 12.5. The van der Waals surface area contributed by atoms with Crippen molar-refractivity contribution in [2.24, 2.45) is 5.92 Å². The summed E-state index contributed by atoms with van der Waals surface area (Å²) < 4.78 is 0. The molecule has 4 nitrogen and oxygen atoms in total. The van der Waals surface area contributed by atoms with E-state index in [1.807, 2.05) is 57.2 Å². The number of hydrogen-bond acceptors (Lipinski definition) is 4. The maximum Gasteiger partial charge on any atom is 0.163 e. The Morgan fingerprint density at radius 1 is 0.889 bits per heavy atom. The molecule has 5 rings (SSSR count). The highest BCUT2D eigenvalue weighted by Gasteiger charge is 2.25. The van der Waals surface area contributed by atoms with E-state index in [0.29, 0.717) is 30.5 Å². The summed E-state index contributed by atoms with van der Waals surface area (Å²) in [6.45, 7) is 14.0. The van der Waals surface area contributed by atoms with Crippen LogP contribution in [0.4, 0.5) is 5.69 Å². The lowest BCUT2D eigenvalue weighted by molar-refractivity contribution is -0.120. The van der Waals surface area contributed by atoms with Crippen molar-refractivity contribution < 1.29 is 15.8 Å². The number of ketones is 3. The number of para-hydroxylation sites is 1. The van der Waals surface area contributed by atoms with Gasteiger partial charge in [0, 0.05) is 50.1 Å². The molecule has 3 aromatic carbocycles. The maximum absolute atomic E-state index is 12.8. The Labute approximate surface area is 274 Å². The summed E-state index contributed by atoms with van der Waals surface area (Å²) >= 11 is 0. The zero-order chi connectivity index (χ0) is 32.8. The van der Waals surface area contributed by atoms with Gasteiger partial charge < -0.3 is 4.90 Å². The molecule has 1 aliphatic heterocycles. The number of benzene rings is 3. The summed E-state index contributed by atoms with van der Waals surface area (Å²) in [5.41, 5.74) is 7.70. The molecule has 244 valence electrons. The largest absolute Gasteiger partial charge is 0.371 e. The first kappa shape index (κ1) is 35.9. The molecule has 1 unspecified atom stereocenters. The summed E-state index contributed by atoms with van der Waals surface area (Å²) in [7, 11) is 0. The van der Waals surface area contributed by atoms with Crippen LogP contribution in [0.2, 0.25) is 0 Å². The fourth-order valence-corrected chi connectivity index (χ4v) is 6.64. The Bertz CT molecular complexity index is 1410. The first-order valence-electron chi connectivity index (χ1n) is 17.3. The van der Waals surface area contributed by atoms with Gasteiger partial charge in [0.25, 0.3) is 0 Å². The van der Waals surface area contributed by atoms with Gasteiger partial charge in [-0.15, -0.1) is 0 Å². The number of aryl methyl sites for hydroxylation is 3. The molecule has 1 saturated carbocycles. The number of anilines is 1. The highest BCUT2D eigenvalue weighted by Crippen LogP contribution is 2.34. The van der Waals surface area contributed by atoms with Crippen molar-refractivity contribution in [3.63, 3.8) is 0 Å². The molecular weight excluding hydrogens is 554 g/mol. The zero-order valence-corrected chi connectivity index (χ0v) is 28.7. The number of unbranched alkanes of at least 4 members (excludes halogenated alkanes) is 1. The lowest BCUT2D eigenvalue weighted by Crippen LogP contribution is -2.33. The number of nitrogens with zero attached hydrogens (tertiary/aromatic N) is 1. The van der Waals surface area contributed by atoms with Crippen molar-refractivity contribution in [2.75, 3.05) is 18.0 Å². The van der Waals surface area contributed by atoms with E-state index < -0.39 is 0 Å². The highest BCUT2D eigenvalue weighted by molar-refractivity contribution is 5.96. The molecule has 0 N–H and O–H groups in total. The van der Waals surface area contributed by atoms with Crippen LogP contribution in [0.25, 0.3) is 0 Å². The predicted octanol–water partition coefficient (Wildman–Crippen LogP) is 10.5. The molecule has 1 heterocycles. The SMILES string of the molecule is CC.CC(=O)c1ccc(C2CCN(c3ccccc3C)CC2)c(CCC(=O)c2cccc(C)c2)c1.CCCCC1CCCC1=O.[HH]. The van der Waals surface area contributed by atoms with Crippen molar-refractivity contribution >= 4 is 23.0 Å². The van der Waals surface area contributed by atoms with Crippen LogP contribution in [0.1, 0.15) is 136 Å². The van der Waals surface area contributed by atoms with Crippen LogP contribution in [0.3, 0.4) is 0 Å². The molecule has 3 aromatic rings. The van der Waals surface area contributed by atoms with E-state index in [1.165, 1.54) is 36.1 Å². The summed E-state index contributed by atoms with van der Waals surface area (Å²) in [4.78, 5) is 38.4. The minimum atomic E-state index is 0. The number of Topliss-reactive ketones (excluding diaryl/α,β-unsaturated/α-hetero) is 3. The van der Waals surface area contributed by atoms with Crippen LogP contribution in [-0.2, 0) is 11.2 Å². The summed E-state index contributed by atoms with van der Waals surface area (Å²) in [5.74, 6) is 1.65. The Balaban J connectivity index is 0.000000481. The molecule has 4 heteroatoms. The molecule has 0 spiro atoms. The van der Waals surface area contributed by atoms with E-state index in [-0.39, 0.29) is 13.0 Å². The first-order valence-corrected chi connectivity index (χ1v) is 17.3. The third kappa shape index (κ3) is 10.5. The maximum atomic E-state index is 12.8. The average molecular weight is 612 g/mol. The van der Waals surface area contributed by atoms with Crippen molar-refractivity contribution in [1.29, 1.82) is 0 Å². The van der Waals surface area contributed by atoms with Crippen LogP contribution in [0.5, 0.6) is 0 Å². The van der Waals surface area contributed by atoms with Gasteiger partial charge in [-0.3, -0.25) is 14.4 Å². The van der Waals surface area contributed by atoms with Crippen LogP contribution in [0.15, 0.2) is 66.7 Å². The van der Waals surface area contributed by atoms with Gasteiger partial charge in [-0.25, -0.2) is 0 Å². The number of carbonyl (C=O) groups is 3. The number of rotatable bonds is 10. The normalized spacial score (nSPS) is 16.4. The third-order valence-electron chi connectivity index (χ3n) is 9.24. The van der Waals surface area contributed by atoms with Gasteiger partial charge >= 0.3 is 0 Å². The van der Waals surface area contributed by atoms with Crippen molar-refractivity contribution in [1.82, 2.24) is 0 Å². The lowest BCUT2D eigenvalue weighted by Gasteiger charge is -2.35. The van der Waals surface area contributed by atoms with Crippen LogP contribution in [-0.4, -0.2) is 30.4 Å². The molecule has 1 aliphatic carbocycles. The van der Waals surface area contributed by atoms with Crippen molar-refractivity contribution in [3.05, 3.63) is 100 Å². The van der Waals surface area contributed by atoms with Gasteiger partial charge in [-0.05, 0) is 100 Å². The zero-order valence-electron chi connectivity index (χ0n) is 28.7. The Morgan fingerprint density at radius 3 is 2.24 bits per heavy atom. The smallest absolute Gasteiger partial charge is 0.163 e. The number of hydrogen-bond donors (Lipinski definition) is 0. The van der Waals surface area contributed by atoms with E-state index in [1.54, 1.807) is 6.92 Å². The quantitative estimate of drug-likeness (QED) is 0.214. The molecular formula is C41H57NO3. The van der Waals surface area contributed by atoms with E-state index in [2.05, 4.69) is 49.1 Å². The van der Waals surface area contributed by atoms with Crippen LogP contribution < -0.4 is 4.90 Å². The molecule has 1 saturated heterocycles. The molecule has 2 aliphatic rings. The van der Waals surface area contributed by atoms with Crippen molar-refractivity contribution in [2.45, 2.75) is 112 Å². The minimum absolute atomic E-state index is 0. The third-order valence-corrected chi connectivity index (χ3v) is 9.24. The molecule has 45 heavy (non-hydrogen) atoms. The molecule has 0 aromatic heterocycles. The average Bonchev–Trinajstić information content (AvgIpc) is 3.48. The van der Waals surface area contributed by atoms with E-state index in [4.69, 9.17) is 0 Å². The van der Waals surface area contributed by atoms with Gasteiger partial charge in [0.05, 0.1) is 0 Å². The minimum Gasteiger partial charge on any atom is -0.371 e. The molecule has 2 fully saturated rings. The summed E-state index contributed by atoms with van der Waals surface area (Å²) in [5, 5.41) is 0. The fraction of sp³-hybridized carbons (Fsp3) is 0.488. The van der Waals surface area contributed by atoms with Gasteiger partial charge in [-0.1, -0.05) is 87.7 Å². The van der Waals surface area contributed by atoms with E-state index in [0.717, 1.165) is 67.4 Å². The number of carbonyl (C=O) groups excluding carboxylic acids is 3. The number of piperidine rings is 1. The van der Waals surface area contributed by atoms with E-state index >= 15 is 0 Å². The van der Waals surface area contributed by atoms with Gasteiger partial charge in [0.2, 0.25) is 0 Å². The molecule has 1 atom stereocenters. The topological polar surface area (TPSA) is 54.5 Å². The van der Waals surface area contributed by atoms with Gasteiger partial charge in [0.15, 0.2) is 11.6 Å². The van der Waals surface area contributed by atoms with E-state index in [9.17, 15) is 14.4 Å². The summed E-state index contributed by atoms with van der Waals surface area (Å²) in [6, 6.07) is 22.5.